The largest absolute Gasteiger partial charge is 0.369 e. The van der Waals surface area contributed by atoms with Crippen LogP contribution in [0.4, 0.5) is 0 Å². The van der Waals surface area contributed by atoms with E-state index in [9.17, 15) is 0 Å². The molecule has 0 radical (unpaired) electrons. The zero-order valence-corrected chi connectivity index (χ0v) is 19.6. The van der Waals surface area contributed by atoms with Crippen molar-refractivity contribution in [3.05, 3.63) is 45.2 Å². The standard InChI is InChI=1S/C25H35N5S/c1-2-3-20-22(6-12-29-13-8-26-9-14-29)28-25-19(4-5-24-21(25)7-17-31-24)18-23(20)30-15-10-27-11-16-30/h4-5,7,18,26-27H,2-3,6,8-17H2,1H3. The van der Waals surface area contributed by atoms with E-state index in [0.717, 1.165) is 83.9 Å². The summed E-state index contributed by atoms with van der Waals surface area (Å²) in [5.74, 6) is 1.07. The number of allylic oxidation sites excluding steroid dienone is 1. The number of hydrogen-bond donors (Lipinski definition) is 2. The molecule has 0 spiro atoms. The second-order valence-corrected chi connectivity index (χ2v) is 9.89. The lowest BCUT2D eigenvalue weighted by Crippen LogP contribution is -2.44. The van der Waals surface area contributed by atoms with E-state index in [-0.39, 0.29) is 0 Å². The van der Waals surface area contributed by atoms with E-state index in [4.69, 9.17) is 4.99 Å². The van der Waals surface area contributed by atoms with Crippen LogP contribution in [0.3, 0.4) is 0 Å². The molecular weight excluding hydrogens is 402 g/mol. The van der Waals surface area contributed by atoms with Crippen LogP contribution in [0.25, 0.3) is 12.2 Å². The van der Waals surface area contributed by atoms with Crippen LogP contribution in [-0.4, -0.2) is 74.5 Å². The van der Waals surface area contributed by atoms with Gasteiger partial charge < -0.3 is 20.4 Å². The van der Waals surface area contributed by atoms with Gasteiger partial charge in [-0.25, -0.2) is 0 Å². The third kappa shape index (κ3) is 4.63. The molecule has 31 heavy (non-hydrogen) atoms. The lowest BCUT2D eigenvalue weighted by molar-refractivity contribution is 0.243. The van der Waals surface area contributed by atoms with Crippen molar-refractivity contribution in [2.24, 2.45) is 4.99 Å². The van der Waals surface area contributed by atoms with Crippen LogP contribution in [0.15, 0.2) is 39.0 Å². The highest BCUT2D eigenvalue weighted by Crippen LogP contribution is 2.30. The molecule has 1 aromatic carbocycles. The summed E-state index contributed by atoms with van der Waals surface area (Å²) >= 11 is 1.94. The summed E-state index contributed by atoms with van der Waals surface area (Å²) in [6, 6.07) is 4.60. The first-order valence-corrected chi connectivity index (χ1v) is 13.0. The molecule has 0 aromatic heterocycles. The Morgan fingerprint density at radius 1 is 1.00 bits per heavy atom. The van der Waals surface area contributed by atoms with Gasteiger partial charge in [-0.2, -0.15) is 0 Å². The number of rotatable bonds is 6. The first kappa shape index (κ1) is 21.3. The zero-order valence-electron chi connectivity index (χ0n) is 18.8. The van der Waals surface area contributed by atoms with Crippen molar-refractivity contribution in [3.8, 4) is 0 Å². The molecule has 4 aliphatic rings. The lowest BCUT2D eigenvalue weighted by Gasteiger charge is -2.33. The minimum atomic E-state index is 1.04. The van der Waals surface area contributed by atoms with Crippen molar-refractivity contribution in [1.29, 1.82) is 0 Å². The minimum Gasteiger partial charge on any atom is -0.369 e. The van der Waals surface area contributed by atoms with Gasteiger partial charge >= 0.3 is 0 Å². The highest BCUT2D eigenvalue weighted by atomic mass is 32.2. The van der Waals surface area contributed by atoms with Gasteiger partial charge in [-0.05, 0) is 24.1 Å². The molecule has 5 nitrogen and oxygen atoms in total. The predicted molar refractivity (Wildman–Crippen MR) is 131 cm³/mol. The van der Waals surface area contributed by atoms with Crippen LogP contribution in [0, 0.1) is 0 Å². The molecule has 166 valence electrons. The van der Waals surface area contributed by atoms with Crippen LogP contribution >= 0.6 is 11.8 Å². The summed E-state index contributed by atoms with van der Waals surface area (Å²) in [6.45, 7) is 12.2. The molecule has 4 heterocycles. The number of nitrogens with zero attached hydrogens (tertiary/aromatic N) is 3. The van der Waals surface area contributed by atoms with Gasteiger partial charge in [-0.15, -0.1) is 11.8 Å². The van der Waals surface area contributed by atoms with E-state index >= 15 is 0 Å². The Morgan fingerprint density at radius 3 is 2.55 bits per heavy atom. The fourth-order valence-electron chi connectivity index (χ4n) is 5.09. The molecule has 0 bridgehead atoms. The fraction of sp³-hybridized carbons (Fsp3) is 0.560. The van der Waals surface area contributed by atoms with Gasteiger partial charge in [0.2, 0.25) is 0 Å². The van der Waals surface area contributed by atoms with Crippen molar-refractivity contribution in [1.82, 2.24) is 20.4 Å². The summed E-state index contributed by atoms with van der Waals surface area (Å²) in [5.41, 5.74) is 5.52. The van der Waals surface area contributed by atoms with Crippen molar-refractivity contribution in [2.45, 2.75) is 31.1 Å². The number of nitrogens with one attached hydrogen (secondary N) is 2. The van der Waals surface area contributed by atoms with Gasteiger partial charge in [0.15, 0.2) is 0 Å². The monoisotopic (exact) mass is 437 g/mol. The number of thioether (sulfide) groups is 1. The van der Waals surface area contributed by atoms with Crippen LogP contribution in [-0.2, 0) is 0 Å². The van der Waals surface area contributed by atoms with Gasteiger partial charge in [0.1, 0.15) is 0 Å². The molecule has 0 saturated carbocycles. The molecule has 1 aromatic rings. The average molecular weight is 438 g/mol. The molecule has 4 aliphatic heterocycles. The Balaban J connectivity index is 1.59. The Hall–Kier alpha value is -1.60. The molecule has 0 amide bonds. The highest BCUT2D eigenvalue weighted by molar-refractivity contribution is 7.99. The Kier molecular flexibility index (Phi) is 6.79. The normalized spacial score (nSPS) is 21.7. The minimum absolute atomic E-state index is 1.04. The van der Waals surface area contributed by atoms with Crippen molar-refractivity contribution in [2.75, 3.05) is 64.7 Å². The summed E-state index contributed by atoms with van der Waals surface area (Å²) in [7, 11) is 0. The lowest BCUT2D eigenvalue weighted by atomic mass is 10.00. The molecule has 0 aliphatic carbocycles. The number of piperazine rings is 2. The van der Waals surface area contributed by atoms with Crippen LogP contribution in [0.5, 0.6) is 0 Å². The SMILES string of the molecule is CCCC1=C(CCN2CCNCC2)N=c2c(ccc3c2=CCS3)C=C1N1CCNCC1. The number of benzene rings is 1. The van der Waals surface area contributed by atoms with E-state index in [2.05, 4.69) is 51.6 Å². The van der Waals surface area contributed by atoms with E-state index in [1.54, 1.807) is 0 Å². The van der Waals surface area contributed by atoms with Gasteiger partial charge in [-0.3, -0.25) is 4.99 Å². The molecule has 6 heteroatoms. The van der Waals surface area contributed by atoms with Crippen molar-refractivity contribution < 1.29 is 0 Å². The van der Waals surface area contributed by atoms with Crippen molar-refractivity contribution >= 4 is 23.9 Å². The maximum Gasteiger partial charge on any atom is 0.0786 e. The van der Waals surface area contributed by atoms with Gasteiger partial charge in [-0.1, -0.05) is 25.5 Å². The maximum absolute atomic E-state index is 5.44. The predicted octanol–water partition coefficient (Wildman–Crippen LogP) is 1.80. The smallest absolute Gasteiger partial charge is 0.0786 e. The molecule has 5 rings (SSSR count). The summed E-state index contributed by atoms with van der Waals surface area (Å²) in [5, 5.41) is 9.56. The molecule has 2 saturated heterocycles. The average Bonchev–Trinajstić information content (AvgIpc) is 3.24. The second kappa shape index (κ2) is 9.90. The first-order chi connectivity index (χ1) is 15.3. The molecule has 2 N–H and O–H groups in total. The number of hydrogen-bond acceptors (Lipinski definition) is 6. The topological polar surface area (TPSA) is 42.9 Å². The molecular formula is C25H35N5S. The summed E-state index contributed by atoms with van der Waals surface area (Å²) in [4.78, 5) is 12.0. The quantitative estimate of drug-likeness (QED) is 0.711. The summed E-state index contributed by atoms with van der Waals surface area (Å²) < 4.78 is 0. The fourth-order valence-corrected chi connectivity index (χ4v) is 6.02. The third-order valence-corrected chi connectivity index (χ3v) is 7.76. The zero-order chi connectivity index (χ0) is 21.0. The van der Waals surface area contributed by atoms with Crippen LogP contribution in [0.2, 0.25) is 0 Å². The highest BCUT2D eigenvalue weighted by Gasteiger charge is 2.23. The summed E-state index contributed by atoms with van der Waals surface area (Å²) in [6.07, 6.45) is 8.12. The number of fused-ring (bicyclic) bond motifs is 3. The van der Waals surface area contributed by atoms with E-state index < -0.39 is 0 Å². The maximum atomic E-state index is 5.44. The Labute approximate surface area is 190 Å². The van der Waals surface area contributed by atoms with E-state index in [0.29, 0.717) is 0 Å². The third-order valence-electron chi connectivity index (χ3n) is 6.76. The molecule has 0 atom stereocenters. The van der Waals surface area contributed by atoms with Gasteiger partial charge in [0.25, 0.3) is 0 Å². The second-order valence-electron chi connectivity index (χ2n) is 8.83. The van der Waals surface area contributed by atoms with E-state index in [1.165, 1.54) is 38.0 Å². The van der Waals surface area contributed by atoms with E-state index in [1.807, 2.05) is 11.8 Å². The van der Waals surface area contributed by atoms with Gasteiger partial charge in [0, 0.05) is 98.1 Å². The molecule has 2 fully saturated rings. The van der Waals surface area contributed by atoms with Gasteiger partial charge in [0.05, 0.1) is 5.36 Å². The Morgan fingerprint density at radius 2 is 1.77 bits per heavy atom. The van der Waals surface area contributed by atoms with Crippen molar-refractivity contribution in [3.63, 3.8) is 0 Å². The Bertz CT molecular complexity index is 984. The molecule has 0 unspecified atom stereocenters. The van der Waals surface area contributed by atoms with Crippen LogP contribution < -0.4 is 21.2 Å². The first-order valence-electron chi connectivity index (χ1n) is 12.0. The van der Waals surface area contributed by atoms with Crippen LogP contribution in [0.1, 0.15) is 31.7 Å².